The van der Waals surface area contributed by atoms with Crippen LogP contribution in [0.4, 0.5) is 4.39 Å². The van der Waals surface area contributed by atoms with Gasteiger partial charge in [0.05, 0.1) is 12.5 Å². The molecule has 29 heavy (non-hydrogen) atoms. The molecule has 2 aromatic carbocycles. The van der Waals surface area contributed by atoms with E-state index < -0.39 is 35.7 Å². The first-order chi connectivity index (χ1) is 13.7. The molecule has 0 aliphatic rings. The highest BCUT2D eigenvalue weighted by molar-refractivity contribution is 5.97. The van der Waals surface area contributed by atoms with Gasteiger partial charge in [0.25, 0.3) is 5.91 Å². The van der Waals surface area contributed by atoms with Crippen LogP contribution in [0.5, 0.6) is 0 Å². The molecule has 0 heterocycles. The summed E-state index contributed by atoms with van der Waals surface area (Å²) in [4.78, 5) is 36.6. The lowest BCUT2D eigenvalue weighted by molar-refractivity contribution is -0.137. The molecule has 0 saturated heterocycles. The van der Waals surface area contributed by atoms with E-state index in [0.717, 1.165) is 5.56 Å². The van der Waals surface area contributed by atoms with E-state index in [1.807, 2.05) is 19.1 Å². The maximum absolute atomic E-state index is 13.1. The summed E-state index contributed by atoms with van der Waals surface area (Å²) in [6.45, 7) is 5.45. The Morgan fingerprint density at radius 3 is 2.07 bits per heavy atom. The molecule has 0 aliphatic heterocycles. The minimum Gasteiger partial charge on any atom is -0.481 e. The Morgan fingerprint density at radius 1 is 0.966 bits per heavy atom. The third kappa shape index (κ3) is 6.41. The van der Waals surface area contributed by atoms with E-state index in [1.54, 1.807) is 26.0 Å². The van der Waals surface area contributed by atoms with Crippen molar-refractivity contribution in [2.24, 2.45) is 5.92 Å². The summed E-state index contributed by atoms with van der Waals surface area (Å²) in [5.74, 6) is -2.75. The third-order valence-electron chi connectivity index (χ3n) is 4.52. The SMILES string of the molecule is Cc1ccc([C@@H](CC(=O)O)NC(=O)[C@@H](NC(=O)c2ccc(F)cc2)C(C)C)cc1. The Hall–Kier alpha value is -3.22. The topological polar surface area (TPSA) is 95.5 Å². The number of aryl methyl sites for hydroxylation is 1. The summed E-state index contributed by atoms with van der Waals surface area (Å²) >= 11 is 0. The number of carboxylic acid groups (broad SMARTS) is 1. The predicted octanol–water partition coefficient (Wildman–Crippen LogP) is 3.22. The summed E-state index contributed by atoms with van der Waals surface area (Å²) in [6, 6.07) is 10.6. The van der Waals surface area contributed by atoms with Crippen molar-refractivity contribution in [3.8, 4) is 0 Å². The van der Waals surface area contributed by atoms with E-state index in [0.29, 0.717) is 5.56 Å². The van der Waals surface area contributed by atoms with Crippen LogP contribution in [0.15, 0.2) is 48.5 Å². The molecule has 2 aromatic rings. The van der Waals surface area contributed by atoms with Crippen molar-refractivity contribution in [1.29, 1.82) is 0 Å². The second-order valence-corrected chi connectivity index (χ2v) is 7.27. The van der Waals surface area contributed by atoms with Crippen LogP contribution in [0.25, 0.3) is 0 Å². The molecular weight excluding hydrogens is 375 g/mol. The van der Waals surface area contributed by atoms with Gasteiger partial charge in [-0.1, -0.05) is 43.7 Å². The van der Waals surface area contributed by atoms with Crippen LogP contribution >= 0.6 is 0 Å². The molecule has 7 heteroatoms. The molecule has 2 amide bonds. The van der Waals surface area contributed by atoms with Gasteiger partial charge in [-0.3, -0.25) is 14.4 Å². The van der Waals surface area contributed by atoms with E-state index in [9.17, 15) is 23.9 Å². The highest BCUT2D eigenvalue weighted by atomic mass is 19.1. The van der Waals surface area contributed by atoms with Gasteiger partial charge in [0, 0.05) is 5.56 Å². The zero-order valence-electron chi connectivity index (χ0n) is 16.6. The van der Waals surface area contributed by atoms with Crippen molar-refractivity contribution in [2.75, 3.05) is 0 Å². The number of aliphatic carboxylic acids is 1. The molecule has 6 nitrogen and oxygen atoms in total. The fourth-order valence-electron chi connectivity index (χ4n) is 2.85. The molecule has 2 rings (SSSR count). The van der Waals surface area contributed by atoms with E-state index >= 15 is 0 Å². The van der Waals surface area contributed by atoms with Gasteiger partial charge in [-0.15, -0.1) is 0 Å². The van der Waals surface area contributed by atoms with Crippen LogP contribution in [0.1, 0.15) is 47.8 Å². The van der Waals surface area contributed by atoms with Crippen molar-refractivity contribution in [3.63, 3.8) is 0 Å². The van der Waals surface area contributed by atoms with Gasteiger partial charge < -0.3 is 15.7 Å². The van der Waals surface area contributed by atoms with Gasteiger partial charge in [-0.2, -0.15) is 0 Å². The molecule has 0 radical (unpaired) electrons. The first kappa shape index (κ1) is 22.1. The molecule has 0 spiro atoms. The minimum atomic E-state index is -1.05. The largest absolute Gasteiger partial charge is 0.481 e. The quantitative estimate of drug-likeness (QED) is 0.634. The van der Waals surface area contributed by atoms with Gasteiger partial charge >= 0.3 is 5.97 Å². The number of carbonyl (C=O) groups excluding carboxylic acids is 2. The Morgan fingerprint density at radius 2 is 1.55 bits per heavy atom. The van der Waals surface area contributed by atoms with Crippen LogP contribution in [0.2, 0.25) is 0 Å². The van der Waals surface area contributed by atoms with Crippen LogP contribution in [-0.2, 0) is 9.59 Å². The van der Waals surface area contributed by atoms with Crippen molar-refractivity contribution >= 4 is 17.8 Å². The Labute approximate surface area is 169 Å². The fourth-order valence-corrected chi connectivity index (χ4v) is 2.85. The van der Waals surface area contributed by atoms with E-state index in [4.69, 9.17) is 0 Å². The van der Waals surface area contributed by atoms with Gasteiger partial charge in [-0.25, -0.2) is 4.39 Å². The standard InChI is InChI=1S/C22H25FN2O4/c1-13(2)20(25-21(28)16-8-10-17(23)11-9-16)22(29)24-18(12-19(26)27)15-6-4-14(3)5-7-15/h4-11,13,18,20H,12H2,1-3H3,(H,24,29)(H,25,28)(H,26,27)/t18-,20+/m1/s1. The van der Waals surface area contributed by atoms with Gasteiger partial charge in [0.1, 0.15) is 11.9 Å². The highest BCUT2D eigenvalue weighted by Gasteiger charge is 2.28. The maximum atomic E-state index is 13.1. The number of carboxylic acids is 1. The number of rotatable bonds is 8. The van der Waals surface area contributed by atoms with Crippen LogP contribution in [0, 0.1) is 18.7 Å². The van der Waals surface area contributed by atoms with Gasteiger partial charge in [0.15, 0.2) is 0 Å². The average Bonchev–Trinajstić information content (AvgIpc) is 2.65. The molecular formula is C22H25FN2O4. The van der Waals surface area contributed by atoms with Gasteiger partial charge in [-0.05, 0) is 42.7 Å². The normalized spacial score (nSPS) is 12.9. The zero-order chi connectivity index (χ0) is 21.6. The van der Waals surface area contributed by atoms with Crippen LogP contribution in [-0.4, -0.2) is 28.9 Å². The Bertz CT molecular complexity index is 863. The van der Waals surface area contributed by atoms with Crippen LogP contribution in [0.3, 0.4) is 0 Å². The van der Waals surface area contributed by atoms with Crippen molar-refractivity contribution in [1.82, 2.24) is 10.6 Å². The summed E-state index contributed by atoms with van der Waals surface area (Å²) < 4.78 is 13.1. The number of carbonyl (C=O) groups is 3. The van der Waals surface area contributed by atoms with E-state index in [1.165, 1.54) is 24.3 Å². The molecule has 0 fully saturated rings. The third-order valence-corrected chi connectivity index (χ3v) is 4.52. The Kier molecular flexibility index (Phi) is 7.47. The Balaban J connectivity index is 2.16. The number of benzene rings is 2. The number of nitrogens with one attached hydrogen (secondary N) is 2. The molecule has 0 bridgehead atoms. The van der Waals surface area contributed by atoms with E-state index in [-0.39, 0.29) is 17.9 Å². The summed E-state index contributed by atoms with van der Waals surface area (Å²) in [5, 5.41) is 14.6. The van der Waals surface area contributed by atoms with Crippen LogP contribution < -0.4 is 10.6 Å². The second kappa shape index (κ2) is 9.82. The summed E-state index contributed by atoms with van der Waals surface area (Å²) in [6.07, 6.45) is -0.286. The molecule has 0 aliphatic carbocycles. The predicted molar refractivity (Wildman–Crippen MR) is 107 cm³/mol. The lowest BCUT2D eigenvalue weighted by Gasteiger charge is -2.25. The number of amides is 2. The first-order valence-corrected chi connectivity index (χ1v) is 9.32. The highest BCUT2D eigenvalue weighted by Crippen LogP contribution is 2.19. The smallest absolute Gasteiger partial charge is 0.305 e. The number of hydrogen-bond acceptors (Lipinski definition) is 3. The maximum Gasteiger partial charge on any atom is 0.305 e. The lowest BCUT2D eigenvalue weighted by Crippen LogP contribution is -2.50. The molecule has 0 saturated carbocycles. The first-order valence-electron chi connectivity index (χ1n) is 9.32. The fraction of sp³-hybridized carbons (Fsp3) is 0.318. The van der Waals surface area contributed by atoms with Crippen molar-refractivity contribution in [2.45, 2.75) is 39.3 Å². The average molecular weight is 400 g/mol. The lowest BCUT2D eigenvalue weighted by atomic mass is 9.99. The molecule has 0 unspecified atom stereocenters. The minimum absolute atomic E-state index is 0.227. The molecule has 2 atom stereocenters. The zero-order valence-corrected chi connectivity index (χ0v) is 16.6. The summed E-state index contributed by atoms with van der Waals surface area (Å²) in [7, 11) is 0. The monoisotopic (exact) mass is 400 g/mol. The molecule has 0 aromatic heterocycles. The van der Waals surface area contributed by atoms with Crippen molar-refractivity contribution < 1.29 is 23.9 Å². The summed E-state index contributed by atoms with van der Waals surface area (Å²) in [5.41, 5.74) is 1.91. The second-order valence-electron chi connectivity index (χ2n) is 7.27. The molecule has 3 N–H and O–H groups in total. The van der Waals surface area contributed by atoms with Crippen molar-refractivity contribution in [3.05, 3.63) is 71.0 Å². The van der Waals surface area contributed by atoms with Gasteiger partial charge in [0.2, 0.25) is 5.91 Å². The van der Waals surface area contributed by atoms with E-state index in [2.05, 4.69) is 10.6 Å². The number of halogens is 1. The number of hydrogen-bond donors (Lipinski definition) is 3. The molecule has 154 valence electrons.